The second kappa shape index (κ2) is 8.19. The van der Waals surface area contributed by atoms with E-state index in [0.29, 0.717) is 23.8 Å². The molecule has 0 saturated carbocycles. The molecular weight excluding hydrogens is 370 g/mol. The number of nitrogens with zero attached hydrogens (tertiary/aromatic N) is 3. The molecule has 0 bridgehead atoms. The number of hydrogen-bond acceptors (Lipinski definition) is 5. The van der Waals surface area contributed by atoms with E-state index in [1.54, 1.807) is 11.1 Å². The van der Waals surface area contributed by atoms with Gasteiger partial charge in [0.1, 0.15) is 11.3 Å². The molecule has 0 atom stereocenters. The zero-order valence-corrected chi connectivity index (χ0v) is 16.2. The number of anilines is 1. The van der Waals surface area contributed by atoms with Gasteiger partial charge in [-0.3, -0.25) is 14.7 Å². The van der Waals surface area contributed by atoms with Gasteiger partial charge in [-0.2, -0.15) is 0 Å². The number of benzene rings is 2. The third kappa shape index (κ3) is 3.73. The minimum atomic E-state index is -0.108. The van der Waals surface area contributed by atoms with Gasteiger partial charge in [0.25, 0.3) is 5.91 Å². The molecule has 0 spiro atoms. The van der Waals surface area contributed by atoms with Crippen LogP contribution >= 0.6 is 11.3 Å². The number of aromatic nitrogens is 2. The van der Waals surface area contributed by atoms with Crippen LogP contribution in [-0.2, 0) is 6.54 Å². The molecule has 5 nitrogen and oxygen atoms in total. The van der Waals surface area contributed by atoms with Crippen molar-refractivity contribution in [3.63, 3.8) is 0 Å². The average molecular weight is 389 g/mol. The Hall–Kier alpha value is -3.25. The van der Waals surface area contributed by atoms with E-state index >= 15 is 0 Å². The summed E-state index contributed by atoms with van der Waals surface area (Å²) < 4.78 is 6.68. The molecular formula is C22H19N3O2S. The van der Waals surface area contributed by atoms with Gasteiger partial charge in [-0.15, -0.1) is 0 Å². The zero-order valence-electron chi connectivity index (χ0n) is 15.4. The highest BCUT2D eigenvalue weighted by Gasteiger charge is 2.23. The van der Waals surface area contributed by atoms with Gasteiger partial charge < -0.3 is 4.74 Å². The second-order valence-corrected chi connectivity index (χ2v) is 7.12. The molecule has 0 radical (unpaired) electrons. The predicted molar refractivity (Wildman–Crippen MR) is 112 cm³/mol. The normalized spacial score (nSPS) is 10.8. The smallest absolute Gasteiger partial charge is 0.260 e. The number of ether oxygens (including phenoxy) is 1. The van der Waals surface area contributed by atoms with Crippen LogP contribution in [0.3, 0.4) is 0 Å². The third-order valence-electron chi connectivity index (χ3n) is 4.21. The lowest BCUT2D eigenvalue weighted by Crippen LogP contribution is -2.30. The molecule has 2 aromatic heterocycles. The number of carbonyl (C=O) groups excluding carboxylic acids is 1. The van der Waals surface area contributed by atoms with Crippen molar-refractivity contribution in [2.75, 3.05) is 11.5 Å². The average Bonchev–Trinajstić information content (AvgIpc) is 3.18. The van der Waals surface area contributed by atoms with Crippen molar-refractivity contribution in [1.82, 2.24) is 9.97 Å². The van der Waals surface area contributed by atoms with Crippen LogP contribution in [0.1, 0.15) is 23.0 Å². The van der Waals surface area contributed by atoms with Gasteiger partial charge >= 0.3 is 0 Å². The second-order valence-electron chi connectivity index (χ2n) is 6.11. The molecule has 4 aromatic rings. The van der Waals surface area contributed by atoms with Crippen LogP contribution < -0.4 is 9.64 Å². The van der Waals surface area contributed by atoms with Crippen molar-refractivity contribution in [1.29, 1.82) is 0 Å². The number of rotatable bonds is 6. The monoisotopic (exact) mass is 389 g/mol. The topological polar surface area (TPSA) is 55.3 Å². The SMILES string of the molecule is CCOc1cccc2sc(N(Cc3ccccn3)C(=O)c3ccccc3)nc12. The summed E-state index contributed by atoms with van der Waals surface area (Å²) in [5.41, 5.74) is 2.19. The maximum absolute atomic E-state index is 13.3. The number of pyridine rings is 1. The molecule has 2 aromatic carbocycles. The summed E-state index contributed by atoms with van der Waals surface area (Å²) in [5.74, 6) is 0.621. The third-order valence-corrected chi connectivity index (χ3v) is 5.26. The van der Waals surface area contributed by atoms with E-state index in [0.717, 1.165) is 21.7 Å². The molecule has 0 fully saturated rings. The molecule has 6 heteroatoms. The first-order valence-corrected chi connectivity index (χ1v) is 9.87. The Balaban J connectivity index is 1.77. The van der Waals surface area contributed by atoms with Gasteiger partial charge in [-0.05, 0) is 43.3 Å². The van der Waals surface area contributed by atoms with E-state index in [4.69, 9.17) is 9.72 Å². The van der Waals surface area contributed by atoms with Crippen LogP contribution in [0.25, 0.3) is 10.2 Å². The highest BCUT2D eigenvalue weighted by atomic mass is 32.1. The predicted octanol–water partition coefficient (Wildman–Crippen LogP) is 4.94. The Kier molecular flexibility index (Phi) is 5.30. The molecule has 1 amide bonds. The van der Waals surface area contributed by atoms with Crippen LogP contribution in [0.15, 0.2) is 72.9 Å². The van der Waals surface area contributed by atoms with Crippen LogP contribution in [0.5, 0.6) is 5.75 Å². The van der Waals surface area contributed by atoms with E-state index in [9.17, 15) is 4.79 Å². The Morgan fingerprint density at radius 2 is 1.86 bits per heavy atom. The van der Waals surface area contributed by atoms with Crippen molar-refractivity contribution in [2.24, 2.45) is 0 Å². The van der Waals surface area contributed by atoms with Crippen molar-refractivity contribution >= 4 is 32.6 Å². The summed E-state index contributed by atoms with van der Waals surface area (Å²) in [4.78, 5) is 24.1. The van der Waals surface area contributed by atoms with Gasteiger partial charge in [0.15, 0.2) is 5.13 Å². The lowest BCUT2D eigenvalue weighted by Gasteiger charge is -2.19. The van der Waals surface area contributed by atoms with Crippen LogP contribution in [0.2, 0.25) is 0 Å². The standard InChI is InChI=1S/C22H19N3O2S/c1-2-27-18-12-8-13-19-20(18)24-22(28-19)25(15-17-11-6-7-14-23-17)21(26)16-9-4-3-5-10-16/h3-14H,2,15H2,1H3. The van der Waals surface area contributed by atoms with Crippen molar-refractivity contribution in [3.05, 3.63) is 84.2 Å². The Bertz CT molecular complexity index is 1080. The summed E-state index contributed by atoms with van der Waals surface area (Å²) in [6.07, 6.45) is 1.73. The van der Waals surface area contributed by atoms with E-state index in [1.165, 1.54) is 11.3 Å². The maximum atomic E-state index is 13.3. The van der Waals surface area contributed by atoms with E-state index in [1.807, 2.05) is 73.7 Å². The fourth-order valence-corrected chi connectivity index (χ4v) is 3.90. The fourth-order valence-electron chi connectivity index (χ4n) is 2.92. The number of thiazole rings is 1. The molecule has 0 saturated heterocycles. The summed E-state index contributed by atoms with van der Waals surface area (Å²) in [5, 5.41) is 0.627. The first-order valence-electron chi connectivity index (χ1n) is 9.05. The van der Waals surface area contributed by atoms with Crippen LogP contribution in [0.4, 0.5) is 5.13 Å². The first kappa shape index (κ1) is 18.1. The largest absolute Gasteiger partial charge is 0.492 e. The highest BCUT2D eigenvalue weighted by molar-refractivity contribution is 7.22. The van der Waals surface area contributed by atoms with Gasteiger partial charge in [-0.1, -0.05) is 41.7 Å². The number of hydrogen-bond donors (Lipinski definition) is 0. The van der Waals surface area contributed by atoms with Gasteiger partial charge in [0, 0.05) is 11.8 Å². The fraction of sp³-hybridized carbons (Fsp3) is 0.136. The molecule has 4 rings (SSSR count). The zero-order chi connectivity index (χ0) is 19.3. The van der Waals surface area contributed by atoms with Crippen molar-refractivity contribution < 1.29 is 9.53 Å². The maximum Gasteiger partial charge on any atom is 0.260 e. The molecule has 28 heavy (non-hydrogen) atoms. The Labute approximate surface area is 167 Å². The van der Waals surface area contributed by atoms with Gasteiger partial charge in [-0.25, -0.2) is 4.98 Å². The molecule has 0 aliphatic rings. The van der Waals surface area contributed by atoms with Crippen LogP contribution in [0, 0.1) is 0 Å². The van der Waals surface area contributed by atoms with E-state index in [2.05, 4.69) is 4.98 Å². The Morgan fingerprint density at radius 3 is 2.61 bits per heavy atom. The minimum Gasteiger partial charge on any atom is -0.492 e. The Morgan fingerprint density at radius 1 is 1.04 bits per heavy atom. The van der Waals surface area contributed by atoms with Crippen molar-refractivity contribution in [3.8, 4) is 5.75 Å². The van der Waals surface area contributed by atoms with E-state index < -0.39 is 0 Å². The van der Waals surface area contributed by atoms with Crippen LogP contribution in [-0.4, -0.2) is 22.5 Å². The van der Waals surface area contributed by atoms with Gasteiger partial charge in [0.05, 0.1) is 23.5 Å². The molecule has 0 unspecified atom stereocenters. The summed E-state index contributed by atoms with van der Waals surface area (Å²) in [7, 11) is 0. The number of para-hydroxylation sites is 1. The summed E-state index contributed by atoms with van der Waals surface area (Å²) in [6.45, 7) is 2.85. The number of carbonyl (C=O) groups is 1. The lowest BCUT2D eigenvalue weighted by atomic mass is 10.2. The quantitative estimate of drug-likeness (QED) is 0.469. The number of fused-ring (bicyclic) bond motifs is 1. The minimum absolute atomic E-state index is 0.108. The molecule has 2 heterocycles. The van der Waals surface area contributed by atoms with Gasteiger partial charge in [0.2, 0.25) is 0 Å². The van der Waals surface area contributed by atoms with Crippen molar-refractivity contribution in [2.45, 2.75) is 13.5 Å². The summed E-state index contributed by atoms with van der Waals surface area (Å²) >= 11 is 1.47. The first-order chi connectivity index (χ1) is 13.8. The molecule has 0 N–H and O–H groups in total. The lowest BCUT2D eigenvalue weighted by molar-refractivity contribution is 0.0985. The molecule has 0 aliphatic heterocycles. The molecule has 140 valence electrons. The van der Waals surface area contributed by atoms with E-state index in [-0.39, 0.29) is 5.91 Å². The molecule has 0 aliphatic carbocycles. The number of amides is 1. The highest BCUT2D eigenvalue weighted by Crippen LogP contribution is 2.35. The summed E-state index contributed by atoms with van der Waals surface area (Å²) in [6, 6.07) is 20.8.